The summed E-state index contributed by atoms with van der Waals surface area (Å²) in [5, 5.41) is 20.9. The van der Waals surface area contributed by atoms with Crippen molar-refractivity contribution in [3.8, 4) is 11.6 Å². The average molecular weight is 351 g/mol. The van der Waals surface area contributed by atoms with Gasteiger partial charge in [0.2, 0.25) is 6.33 Å². The first-order valence-corrected chi connectivity index (χ1v) is 7.19. The zero-order valence-electron chi connectivity index (χ0n) is 13.6. The number of hydrogen-bond donors (Lipinski definition) is 1. The third kappa shape index (κ3) is 4.44. The first kappa shape index (κ1) is 18.2. The number of aliphatic hydroxyl groups is 1. The highest BCUT2D eigenvalue weighted by Gasteiger charge is 2.24. The Hall–Kier alpha value is -3.14. The quantitative estimate of drug-likeness (QED) is 0.424. The minimum absolute atomic E-state index is 0.00422. The molecule has 0 bridgehead atoms. The van der Waals surface area contributed by atoms with E-state index in [9.17, 15) is 20.0 Å². The van der Waals surface area contributed by atoms with Crippen LogP contribution in [0, 0.1) is 10.1 Å². The summed E-state index contributed by atoms with van der Waals surface area (Å²) in [6.07, 6.45) is 0.258. The van der Waals surface area contributed by atoms with Crippen LogP contribution in [0.2, 0.25) is 0 Å². The number of carbonyl (C=O) groups excluding carboxylic acids is 1. The summed E-state index contributed by atoms with van der Waals surface area (Å²) >= 11 is 0. The van der Waals surface area contributed by atoms with Crippen molar-refractivity contribution >= 4 is 11.8 Å². The van der Waals surface area contributed by atoms with Crippen LogP contribution >= 0.6 is 0 Å². The second-order valence-electron chi connectivity index (χ2n) is 4.97. The van der Waals surface area contributed by atoms with Crippen LogP contribution < -0.4 is 9.47 Å². The smallest absolute Gasteiger partial charge is 0.426 e. The van der Waals surface area contributed by atoms with Crippen molar-refractivity contribution in [1.82, 2.24) is 9.55 Å². The number of esters is 1. The van der Waals surface area contributed by atoms with E-state index in [1.165, 1.54) is 37.2 Å². The topological polar surface area (TPSA) is 126 Å². The number of ether oxygens (including phenoxy) is 3. The molecule has 1 unspecified atom stereocenters. The molecule has 134 valence electrons. The summed E-state index contributed by atoms with van der Waals surface area (Å²) in [5.41, 5.74) is 0.380. The number of rotatable bonds is 8. The van der Waals surface area contributed by atoms with Gasteiger partial charge in [-0.2, -0.15) is 0 Å². The number of imidazole rings is 1. The molecule has 1 aromatic carbocycles. The van der Waals surface area contributed by atoms with Crippen LogP contribution in [-0.2, 0) is 11.3 Å². The van der Waals surface area contributed by atoms with E-state index < -0.39 is 22.8 Å². The number of aliphatic hydroxyl groups excluding tert-OH is 1. The first-order chi connectivity index (χ1) is 12.0. The van der Waals surface area contributed by atoms with Gasteiger partial charge in [-0.3, -0.25) is 4.57 Å². The molecule has 1 atom stereocenters. The molecule has 0 aliphatic heterocycles. The number of methoxy groups -OCH3 is 2. The van der Waals surface area contributed by atoms with Crippen molar-refractivity contribution in [2.75, 3.05) is 20.8 Å². The molecule has 10 heteroatoms. The van der Waals surface area contributed by atoms with E-state index in [2.05, 4.69) is 9.72 Å². The summed E-state index contributed by atoms with van der Waals surface area (Å²) in [4.78, 5) is 25.1. The molecule has 1 N–H and O–H groups in total. The molecule has 0 aliphatic carbocycles. The van der Waals surface area contributed by atoms with Gasteiger partial charge >= 0.3 is 11.8 Å². The molecule has 0 aliphatic rings. The van der Waals surface area contributed by atoms with Crippen LogP contribution in [0.5, 0.6) is 11.6 Å². The molecule has 2 rings (SSSR count). The lowest BCUT2D eigenvalue weighted by molar-refractivity contribution is -0.390. The van der Waals surface area contributed by atoms with Gasteiger partial charge in [-0.05, 0) is 34.2 Å². The predicted octanol–water partition coefficient (Wildman–Crippen LogP) is 1.03. The summed E-state index contributed by atoms with van der Waals surface area (Å²) in [7, 11) is 2.57. The number of nitro groups is 1. The van der Waals surface area contributed by atoms with Gasteiger partial charge in [0.25, 0.3) is 5.88 Å². The Morgan fingerprint density at radius 2 is 2.04 bits per heavy atom. The molecule has 10 nitrogen and oxygen atoms in total. The van der Waals surface area contributed by atoms with Crippen LogP contribution in [0.25, 0.3) is 0 Å². The van der Waals surface area contributed by atoms with Gasteiger partial charge in [0, 0.05) is 0 Å². The number of nitrogens with zero attached hydrogens (tertiary/aromatic N) is 3. The van der Waals surface area contributed by atoms with Gasteiger partial charge in [-0.15, -0.1) is 0 Å². The molecule has 1 heterocycles. The molecule has 0 radical (unpaired) electrons. The minimum Gasteiger partial charge on any atom is -0.491 e. The second-order valence-corrected chi connectivity index (χ2v) is 4.97. The number of aromatic nitrogens is 2. The number of hydrogen-bond acceptors (Lipinski definition) is 8. The molecule has 0 spiro atoms. The largest absolute Gasteiger partial charge is 0.491 e. The highest BCUT2D eigenvalue weighted by Crippen LogP contribution is 2.24. The third-order valence-corrected chi connectivity index (χ3v) is 3.26. The van der Waals surface area contributed by atoms with Crippen LogP contribution in [0.15, 0.2) is 30.6 Å². The fourth-order valence-corrected chi connectivity index (χ4v) is 2.10. The number of benzene rings is 1. The van der Waals surface area contributed by atoms with Gasteiger partial charge < -0.3 is 29.4 Å². The van der Waals surface area contributed by atoms with Gasteiger partial charge in [0.15, 0.2) is 0 Å². The monoisotopic (exact) mass is 351 g/mol. The first-order valence-electron chi connectivity index (χ1n) is 7.19. The summed E-state index contributed by atoms with van der Waals surface area (Å²) in [5.74, 6) is -0.476. The Labute approximate surface area is 142 Å². The summed E-state index contributed by atoms with van der Waals surface area (Å²) < 4.78 is 16.3. The molecule has 0 saturated carbocycles. The Morgan fingerprint density at radius 1 is 1.36 bits per heavy atom. The molecule has 2 aromatic rings. The standard InChI is InChI=1S/C15H17N3O7/c1-23-14-13(18(21)22)16-9-17(14)7-11(19)8-25-12-5-3-10(4-6-12)15(20)24-2/h3-6,9,11,19H,7-8H2,1-2H3. The molecule has 0 amide bonds. The Balaban J connectivity index is 1.94. The molecular weight excluding hydrogens is 334 g/mol. The maximum Gasteiger partial charge on any atom is 0.426 e. The number of carbonyl (C=O) groups is 1. The van der Waals surface area contributed by atoms with Crippen molar-refractivity contribution < 1.29 is 29.0 Å². The van der Waals surface area contributed by atoms with Crippen molar-refractivity contribution in [2.45, 2.75) is 12.6 Å². The Kier molecular flexibility index (Phi) is 5.90. The van der Waals surface area contributed by atoms with Crippen LogP contribution in [0.1, 0.15) is 10.4 Å². The van der Waals surface area contributed by atoms with Gasteiger partial charge in [-0.1, -0.05) is 0 Å². The SMILES string of the molecule is COC(=O)c1ccc(OCC(O)Cn2cnc([N+](=O)[O-])c2OC)cc1. The highest BCUT2D eigenvalue weighted by atomic mass is 16.6. The van der Waals surface area contributed by atoms with E-state index in [1.807, 2.05) is 0 Å². The Bertz CT molecular complexity index is 742. The Morgan fingerprint density at radius 3 is 2.60 bits per heavy atom. The molecular formula is C15H17N3O7. The lowest BCUT2D eigenvalue weighted by Gasteiger charge is -2.13. The van der Waals surface area contributed by atoms with Crippen molar-refractivity contribution in [3.05, 3.63) is 46.3 Å². The van der Waals surface area contributed by atoms with Crippen LogP contribution in [0.3, 0.4) is 0 Å². The zero-order chi connectivity index (χ0) is 18.4. The highest BCUT2D eigenvalue weighted by molar-refractivity contribution is 5.89. The fraction of sp³-hybridized carbons (Fsp3) is 0.333. The van der Waals surface area contributed by atoms with Crippen molar-refractivity contribution in [2.24, 2.45) is 0 Å². The van der Waals surface area contributed by atoms with E-state index in [-0.39, 0.29) is 19.0 Å². The van der Waals surface area contributed by atoms with Gasteiger partial charge in [0.1, 0.15) is 18.5 Å². The van der Waals surface area contributed by atoms with Gasteiger partial charge in [0.05, 0.1) is 26.3 Å². The average Bonchev–Trinajstić information content (AvgIpc) is 3.02. The van der Waals surface area contributed by atoms with E-state index in [0.717, 1.165) is 0 Å². The fourth-order valence-electron chi connectivity index (χ4n) is 2.10. The molecule has 0 saturated heterocycles. The minimum atomic E-state index is -0.956. The summed E-state index contributed by atoms with van der Waals surface area (Å²) in [6.45, 7) is -0.0586. The lowest BCUT2D eigenvalue weighted by Crippen LogP contribution is -2.23. The summed E-state index contributed by atoms with van der Waals surface area (Å²) in [6, 6.07) is 6.22. The van der Waals surface area contributed by atoms with Gasteiger partial charge in [-0.25, -0.2) is 4.79 Å². The van der Waals surface area contributed by atoms with Crippen molar-refractivity contribution in [3.63, 3.8) is 0 Å². The normalized spacial score (nSPS) is 11.6. The molecule has 0 fully saturated rings. The zero-order valence-corrected chi connectivity index (χ0v) is 13.6. The van der Waals surface area contributed by atoms with E-state index in [0.29, 0.717) is 11.3 Å². The third-order valence-electron chi connectivity index (χ3n) is 3.26. The van der Waals surface area contributed by atoms with Crippen LogP contribution in [-0.4, -0.2) is 52.5 Å². The van der Waals surface area contributed by atoms with Crippen LogP contribution in [0.4, 0.5) is 5.82 Å². The maximum absolute atomic E-state index is 11.3. The van der Waals surface area contributed by atoms with E-state index in [4.69, 9.17) is 9.47 Å². The molecule has 1 aromatic heterocycles. The maximum atomic E-state index is 11.3. The molecule has 25 heavy (non-hydrogen) atoms. The lowest BCUT2D eigenvalue weighted by atomic mass is 10.2. The van der Waals surface area contributed by atoms with E-state index >= 15 is 0 Å². The van der Waals surface area contributed by atoms with E-state index in [1.54, 1.807) is 12.1 Å². The predicted molar refractivity (Wildman–Crippen MR) is 84.7 cm³/mol. The second kappa shape index (κ2) is 8.11. The van der Waals surface area contributed by atoms with Crippen molar-refractivity contribution in [1.29, 1.82) is 0 Å².